The molecule has 3 rings (SSSR count). The first-order valence-electron chi connectivity index (χ1n) is 6.25. The first-order valence-corrected chi connectivity index (χ1v) is 6.63. The van der Waals surface area contributed by atoms with Crippen molar-refractivity contribution in [3.05, 3.63) is 53.6 Å². The molecule has 1 N–H and O–H groups in total. The molecule has 1 heterocycles. The molecule has 0 saturated carbocycles. The molecule has 5 nitrogen and oxygen atoms in total. The summed E-state index contributed by atoms with van der Waals surface area (Å²) < 4.78 is 10.8. The molecule has 2 aromatic carbocycles. The Morgan fingerprint density at radius 3 is 2.67 bits per heavy atom. The number of nitrogens with one attached hydrogen (secondary N) is 1. The molecular formula is C15H12ClN3O2. The lowest BCUT2D eigenvalue weighted by molar-refractivity contribution is 0.415. The molecule has 0 radical (unpaired) electrons. The molecule has 0 aliphatic carbocycles. The Morgan fingerprint density at radius 2 is 1.90 bits per heavy atom. The highest BCUT2D eigenvalue weighted by atomic mass is 35.5. The summed E-state index contributed by atoms with van der Waals surface area (Å²) in [6, 6.07) is 15.0. The van der Waals surface area contributed by atoms with Crippen molar-refractivity contribution in [2.45, 2.75) is 0 Å². The van der Waals surface area contributed by atoms with Crippen LogP contribution in [0.1, 0.15) is 0 Å². The summed E-state index contributed by atoms with van der Waals surface area (Å²) in [4.78, 5) is 0. The standard InChI is InChI=1S/C15H12ClN3O2/c1-20-13-4-2-3-10(9-13)14-18-19-15(21-14)17-12-7-5-11(16)6-8-12/h2-9H,1H3,(H,17,19). The van der Waals surface area contributed by atoms with E-state index >= 15 is 0 Å². The molecule has 0 unspecified atom stereocenters. The minimum absolute atomic E-state index is 0.315. The molecule has 0 saturated heterocycles. The number of nitrogens with zero attached hydrogens (tertiary/aromatic N) is 2. The van der Waals surface area contributed by atoms with Gasteiger partial charge < -0.3 is 14.5 Å². The molecule has 21 heavy (non-hydrogen) atoms. The minimum Gasteiger partial charge on any atom is -0.497 e. The first-order chi connectivity index (χ1) is 10.2. The number of aromatic nitrogens is 2. The monoisotopic (exact) mass is 301 g/mol. The predicted molar refractivity (Wildman–Crippen MR) is 81.0 cm³/mol. The van der Waals surface area contributed by atoms with E-state index in [-0.39, 0.29) is 0 Å². The largest absolute Gasteiger partial charge is 0.497 e. The van der Waals surface area contributed by atoms with Crippen molar-refractivity contribution < 1.29 is 9.15 Å². The summed E-state index contributed by atoms with van der Waals surface area (Å²) in [5.74, 6) is 1.16. The molecule has 0 amide bonds. The van der Waals surface area contributed by atoms with Gasteiger partial charge in [-0.1, -0.05) is 22.8 Å². The predicted octanol–water partition coefficient (Wildman–Crippen LogP) is 4.14. The maximum Gasteiger partial charge on any atom is 0.320 e. The second kappa shape index (κ2) is 5.85. The molecule has 3 aromatic rings. The van der Waals surface area contributed by atoms with Gasteiger partial charge in [-0.2, -0.15) is 0 Å². The van der Waals surface area contributed by atoms with Crippen LogP contribution in [-0.2, 0) is 0 Å². The van der Waals surface area contributed by atoms with Gasteiger partial charge in [0.05, 0.1) is 7.11 Å². The Morgan fingerprint density at radius 1 is 1.10 bits per heavy atom. The van der Waals surface area contributed by atoms with Crippen LogP contribution in [0.25, 0.3) is 11.5 Å². The fraction of sp³-hybridized carbons (Fsp3) is 0.0667. The third kappa shape index (κ3) is 3.14. The summed E-state index contributed by atoms with van der Waals surface area (Å²) in [5, 5.41) is 11.7. The summed E-state index contributed by atoms with van der Waals surface area (Å²) in [6.07, 6.45) is 0. The van der Waals surface area contributed by atoms with Gasteiger partial charge in [-0.05, 0) is 42.5 Å². The highest BCUT2D eigenvalue weighted by molar-refractivity contribution is 6.30. The van der Waals surface area contributed by atoms with Crippen LogP contribution in [-0.4, -0.2) is 17.3 Å². The third-order valence-electron chi connectivity index (χ3n) is 2.84. The van der Waals surface area contributed by atoms with Crippen LogP contribution < -0.4 is 10.1 Å². The van der Waals surface area contributed by atoms with E-state index in [2.05, 4.69) is 15.5 Å². The second-order valence-corrected chi connectivity index (χ2v) is 4.71. The number of hydrogen-bond acceptors (Lipinski definition) is 5. The quantitative estimate of drug-likeness (QED) is 0.784. The van der Waals surface area contributed by atoms with E-state index in [1.807, 2.05) is 36.4 Å². The number of methoxy groups -OCH3 is 1. The van der Waals surface area contributed by atoms with Gasteiger partial charge in [0.1, 0.15) is 5.75 Å². The summed E-state index contributed by atoms with van der Waals surface area (Å²) in [6.45, 7) is 0. The van der Waals surface area contributed by atoms with Gasteiger partial charge >= 0.3 is 6.01 Å². The first kappa shape index (κ1) is 13.5. The maximum absolute atomic E-state index is 5.84. The lowest BCUT2D eigenvalue weighted by Crippen LogP contribution is -1.89. The van der Waals surface area contributed by atoms with Crippen LogP contribution in [0.5, 0.6) is 5.75 Å². The highest BCUT2D eigenvalue weighted by Gasteiger charge is 2.09. The van der Waals surface area contributed by atoms with E-state index in [0.29, 0.717) is 16.9 Å². The summed E-state index contributed by atoms with van der Waals surface area (Å²) in [7, 11) is 1.61. The van der Waals surface area contributed by atoms with Gasteiger partial charge in [0.2, 0.25) is 5.89 Å². The van der Waals surface area contributed by atoms with Gasteiger partial charge in [-0.3, -0.25) is 0 Å². The zero-order valence-corrected chi connectivity index (χ0v) is 12.0. The van der Waals surface area contributed by atoms with Crippen LogP contribution in [0, 0.1) is 0 Å². The molecule has 6 heteroatoms. The van der Waals surface area contributed by atoms with E-state index in [4.69, 9.17) is 20.8 Å². The summed E-state index contributed by atoms with van der Waals surface area (Å²) >= 11 is 5.84. The lowest BCUT2D eigenvalue weighted by atomic mass is 10.2. The maximum atomic E-state index is 5.84. The van der Waals surface area contributed by atoms with Gasteiger partial charge in [0.15, 0.2) is 0 Å². The van der Waals surface area contributed by atoms with Crippen molar-refractivity contribution in [3.63, 3.8) is 0 Å². The molecule has 0 aliphatic heterocycles. The Bertz CT molecular complexity index is 741. The smallest absolute Gasteiger partial charge is 0.320 e. The number of halogens is 1. The zero-order chi connectivity index (χ0) is 14.7. The van der Waals surface area contributed by atoms with E-state index in [9.17, 15) is 0 Å². The van der Waals surface area contributed by atoms with Crippen molar-refractivity contribution >= 4 is 23.3 Å². The molecule has 0 atom stereocenters. The van der Waals surface area contributed by atoms with Gasteiger partial charge in [-0.25, -0.2) is 0 Å². The van der Waals surface area contributed by atoms with Crippen LogP contribution in [0.15, 0.2) is 52.9 Å². The fourth-order valence-electron chi connectivity index (χ4n) is 1.80. The zero-order valence-electron chi connectivity index (χ0n) is 11.2. The van der Waals surface area contributed by atoms with Crippen LogP contribution >= 0.6 is 11.6 Å². The number of rotatable bonds is 4. The molecule has 106 valence electrons. The van der Waals surface area contributed by atoms with E-state index in [0.717, 1.165) is 17.0 Å². The number of benzene rings is 2. The van der Waals surface area contributed by atoms with Crippen LogP contribution in [0.2, 0.25) is 5.02 Å². The molecule has 0 fully saturated rings. The van der Waals surface area contributed by atoms with Crippen LogP contribution in [0.3, 0.4) is 0 Å². The SMILES string of the molecule is COc1cccc(-c2nnc(Nc3ccc(Cl)cc3)o2)c1. The van der Waals surface area contributed by atoms with Crippen molar-refractivity contribution in [2.24, 2.45) is 0 Å². The molecule has 0 aliphatic rings. The van der Waals surface area contributed by atoms with Crippen LogP contribution in [0.4, 0.5) is 11.7 Å². The third-order valence-corrected chi connectivity index (χ3v) is 3.09. The van der Waals surface area contributed by atoms with Crippen molar-refractivity contribution in [2.75, 3.05) is 12.4 Å². The highest BCUT2D eigenvalue weighted by Crippen LogP contribution is 2.25. The van der Waals surface area contributed by atoms with Crippen molar-refractivity contribution in [1.82, 2.24) is 10.2 Å². The van der Waals surface area contributed by atoms with Gasteiger partial charge in [0.25, 0.3) is 0 Å². The molecular weight excluding hydrogens is 290 g/mol. The molecule has 1 aromatic heterocycles. The Labute approximate surface area is 126 Å². The van der Waals surface area contributed by atoms with Crippen molar-refractivity contribution in [1.29, 1.82) is 0 Å². The summed E-state index contributed by atoms with van der Waals surface area (Å²) in [5.41, 5.74) is 1.62. The topological polar surface area (TPSA) is 60.2 Å². The van der Waals surface area contributed by atoms with E-state index < -0.39 is 0 Å². The average molecular weight is 302 g/mol. The molecule has 0 spiro atoms. The fourth-order valence-corrected chi connectivity index (χ4v) is 1.93. The average Bonchev–Trinajstić information content (AvgIpc) is 2.98. The normalized spacial score (nSPS) is 10.4. The Hall–Kier alpha value is -2.53. The van der Waals surface area contributed by atoms with Gasteiger partial charge in [0, 0.05) is 16.3 Å². The minimum atomic E-state index is 0.315. The molecule has 0 bridgehead atoms. The Balaban J connectivity index is 1.81. The lowest BCUT2D eigenvalue weighted by Gasteiger charge is -2.01. The number of hydrogen-bond donors (Lipinski definition) is 1. The second-order valence-electron chi connectivity index (χ2n) is 4.28. The number of anilines is 2. The van der Waals surface area contributed by atoms with E-state index in [1.54, 1.807) is 19.2 Å². The van der Waals surface area contributed by atoms with Gasteiger partial charge in [-0.15, -0.1) is 5.10 Å². The van der Waals surface area contributed by atoms with Crippen molar-refractivity contribution in [3.8, 4) is 17.2 Å². The number of ether oxygens (including phenoxy) is 1. The van der Waals surface area contributed by atoms with E-state index in [1.165, 1.54) is 0 Å². The Kier molecular flexibility index (Phi) is 3.75.